The van der Waals surface area contributed by atoms with Gasteiger partial charge in [0.15, 0.2) is 5.11 Å². The van der Waals surface area contributed by atoms with E-state index in [1.165, 1.54) is 0 Å². The van der Waals surface area contributed by atoms with Crippen LogP contribution < -0.4 is 5.32 Å². The van der Waals surface area contributed by atoms with Crippen molar-refractivity contribution in [3.63, 3.8) is 0 Å². The lowest BCUT2D eigenvalue weighted by Crippen LogP contribution is -2.39. The number of thiocarbonyl (C=S) groups is 1. The van der Waals surface area contributed by atoms with Crippen molar-refractivity contribution in [2.24, 2.45) is 0 Å². The van der Waals surface area contributed by atoms with E-state index in [1.807, 2.05) is 66.6 Å². The van der Waals surface area contributed by atoms with E-state index < -0.39 is 6.04 Å². The molecule has 8 heteroatoms. The number of benzene rings is 2. The van der Waals surface area contributed by atoms with Gasteiger partial charge in [-0.3, -0.25) is 14.5 Å². The molecule has 1 atom stereocenters. The van der Waals surface area contributed by atoms with Crippen LogP contribution in [-0.2, 0) is 16.0 Å². The number of rotatable bonds is 7. The van der Waals surface area contributed by atoms with Crippen molar-refractivity contribution in [2.45, 2.75) is 25.8 Å². The zero-order valence-corrected chi connectivity index (χ0v) is 18.7. The van der Waals surface area contributed by atoms with Crippen molar-refractivity contribution >= 4 is 57.3 Å². The van der Waals surface area contributed by atoms with Crippen LogP contribution in [0.4, 0.5) is 5.69 Å². The molecular weight excluding hydrogens is 432 g/mol. The molecule has 0 radical (unpaired) electrons. The smallest absolute Gasteiger partial charge is 0.252 e. The number of hydrogen-bond acceptors (Lipinski definition) is 3. The molecular formula is C23H23ClN4O2S. The average molecular weight is 455 g/mol. The molecule has 6 nitrogen and oxygen atoms in total. The lowest BCUT2D eigenvalue weighted by atomic mass is 10.1. The van der Waals surface area contributed by atoms with Gasteiger partial charge in [0.1, 0.15) is 6.04 Å². The number of aromatic nitrogens is 1. The summed E-state index contributed by atoms with van der Waals surface area (Å²) in [6.07, 6.45) is 2.56. The largest absolute Gasteiger partial charge is 0.361 e. The van der Waals surface area contributed by atoms with Gasteiger partial charge in [-0.1, -0.05) is 29.8 Å². The van der Waals surface area contributed by atoms with Gasteiger partial charge in [0.2, 0.25) is 5.91 Å². The first-order valence-electron chi connectivity index (χ1n) is 10.2. The molecule has 1 saturated heterocycles. The van der Waals surface area contributed by atoms with Crippen LogP contribution in [0.3, 0.4) is 0 Å². The number of halogens is 1. The summed E-state index contributed by atoms with van der Waals surface area (Å²) in [5, 5.41) is 5.11. The Morgan fingerprint density at radius 2 is 2.06 bits per heavy atom. The van der Waals surface area contributed by atoms with Gasteiger partial charge < -0.3 is 15.2 Å². The predicted molar refractivity (Wildman–Crippen MR) is 127 cm³/mol. The lowest BCUT2D eigenvalue weighted by molar-refractivity contribution is -0.130. The molecule has 2 aromatic carbocycles. The van der Waals surface area contributed by atoms with E-state index in [2.05, 4.69) is 10.3 Å². The van der Waals surface area contributed by atoms with E-state index in [1.54, 1.807) is 4.90 Å². The normalized spacial score (nSPS) is 16.4. The summed E-state index contributed by atoms with van der Waals surface area (Å²) in [7, 11) is 0. The monoisotopic (exact) mass is 454 g/mol. The van der Waals surface area contributed by atoms with E-state index >= 15 is 0 Å². The second kappa shape index (κ2) is 9.08. The molecule has 3 aromatic rings. The van der Waals surface area contributed by atoms with E-state index in [4.69, 9.17) is 23.8 Å². The zero-order chi connectivity index (χ0) is 22.0. The van der Waals surface area contributed by atoms with Gasteiger partial charge in [0.05, 0.1) is 6.42 Å². The molecule has 1 unspecified atom stereocenters. The van der Waals surface area contributed by atoms with Gasteiger partial charge in [-0.2, -0.15) is 0 Å². The Morgan fingerprint density at radius 1 is 1.23 bits per heavy atom. The minimum absolute atomic E-state index is 0.0355. The first-order chi connectivity index (χ1) is 15.0. The second-order valence-corrected chi connectivity index (χ2v) is 8.29. The minimum atomic E-state index is -0.610. The highest BCUT2D eigenvalue weighted by Crippen LogP contribution is 2.23. The Bertz CT molecular complexity index is 1150. The van der Waals surface area contributed by atoms with Crippen LogP contribution in [0.2, 0.25) is 5.02 Å². The first kappa shape index (κ1) is 21.3. The number of likely N-dealkylation sites (N-methyl/N-ethyl adjacent to an activating group) is 1. The van der Waals surface area contributed by atoms with Crippen molar-refractivity contribution in [3.05, 3.63) is 65.3 Å². The summed E-state index contributed by atoms with van der Waals surface area (Å²) in [4.78, 5) is 32.3. The Kier molecular flexibility index (Phi) is 6.25. The Hall–Kier alpha value is -2.90. The third-order valence-corrected chi connectivity index (χ3v) is 6.16. The fourth-order valence-electron chi connectivity index (χ4n) is 3.89. The topological polar surface area (TPSA) is 68.4 Å². The fourth-order valence-corrected chi connectivity index (χ4v) is 4.54. The average Bonchev–Trinajstić information content (AvgIpc) is 3.29. The molecule has 0 aliphatic carbocycles. The number of H-pyrrole nitrogens is 1. The van der Waals surface area contributed by atoms with Crippen molar-refractivity contribution < 1.29 is 9.59 Å². The number of hydrogen-bond donors (Lipinski definition) is 2. The number of anilines is 1. The minimum Gasteiger partial charge on any atom is -0.361 e. The maximum atomic E-state index is 12.9. The van der Waals surface area contributed by atoms with E-state index in [0.29, 0.717) is 35.3 Å². The van der Waals surface area contributed by atoms with Crippen LogP contribution in [0.1, 0.15) is 18.9 Å². The van der Waals surface area contributed by atoms with Crippen LogP contribution in [0.15, 0.2) is 54.7 Å². The van der Waals surface area contributed by atoms with Crippen molar-refractivity contribution in [1.29, 1.82) is 0 Å². The molecule has 1 fully saturated rings. The quantitative estimate of drug-likeness (QED) is 0.525. The highest BCUT2D eigenvalue weighted by atomic mass is 35.5. The third-order valence-electron chi connectivity index (χ3n) is 5.47. The maximum absolute atomic E-state index is 12.9. The molecule has 0 bridgehead atoms. The Morgan fingerprint density at radius 3 is 2.84 bits per heavy atom. The van der Waals surface area contributed by atoms with Crippen LogP contribution in [-0.4, -0.2) is 50.8 Å². The molecule has 2 N–H and O–H groups in total. The highest BCUT2D eigenvalue weighted by Gasteiger charge is 2.42. The summed E-state index contributed by atoms with van der Waals surface area (Å²) in [5.74, 6) is -0.355. The van der Waals surface area contributed by atoms with E-state index in [-0.39, 0.29) is 18.2 Å². The molecule has 31 heavy (non-hydrogen) atoms. The standard InChI is InChI=1S/C23H23ClN4O2S/c1-2-27-22(30)20(28(23(27)31)11-9-15-4-3-5-17(24)12-15)14-21(29)26-18-7-6-16-8-10-25-19(16)13-18/h3-8,10,12-13,20,25H,2,9,11,14H2,1H3,(H,26,29). The zero-order valence-electron chi connectivity index (χ0n) is 17.1. The number of nitrogens with one attached hydrogen (secondary N) is 2. The van der Waals surface area contributed by atoms with Crippen LogP contribution in [0.25, 0.3) is 10.9 Å². The molecule has 1 aliphatic heterocycles. The van der Waals surface area contributed by atoms with E-state index in [9.17, 15) is 9.59 Å². The van der Waals surface area contributed by atoms with Gasteiger partial charge in [0.25, 0.3) is 5.91 Å². The molecule has 0 spiro atoms. The van der Waals surface area contributed by atoms with Crippen molar-refractivity contribution in [3.8, 4) is 0 Å². The molecule has 2 amide bonds. The van der Waals surface area contributed by atoms with Crippen molar-refractivity contribution in [2.75, 3.05) is 18.4 Å². The summed E-state index contributed by atoms with van der Waals surface area (Å²) in [6.45, 7) is 2.90. The number of carbonyl (C=O) groups excluding carboxylic acids is 2. The van der Waals surface area contributed by atoms with Crippen LogP contribution in [0, 0.1) is 0 Å². The predicted octanol–water partition coefficient (Wildman–Crippen LogP) is 4.21. The molecule has 0 saturated carbocycles. The summed E-state index contributed by atoms with van der Waals surface area (Å²) >= 11 is 11.6. The Labute approximate surface area is 191 Å². The third kappa shape index (κ3) is 4.57. The molecule has 4 rings (SSSR count). The second-order valence-electron chi connectivity index (χ2n) is 7.49. The van der Waals surface area contributed by atoms with E-state index in [0.717, 1.165) is 16.5 Å². The van der Waals surface area contributed by atoms with Crippen molar-refractivity contribution in [1.82, 2.24) is 14.8 Å². The number of fused-ring (bicyclic) bond motifs is 1. The molecule has 2 heterocycles. The SMILES string of the molecule is CCN1C(=O)C(CC(=O)Nc2ccc3cc[nH]c3c2)N(CCc2cccc(Cl)c2)C1=S. The maximum Gasteiger partial charge on any atom is 0.252 e. The lowest BCUT2D eigenvalue weighted by Gasteiger charge is -2.23. The number of amides is 2. The summed E-state index contributed by atoms with van der Waals surface area (Å²) in [5.41, 5.74) is 2.68. The molecule has 1 aromatic heterocycles. The molecule has 160 valence electrons. The van der Waals surface area contributed by atoms with Crippen LogP contribution in [0.5, 0.6) is 0 Å². The summed E-state index contributed by atoms with van der Waals surface area (Å²) < 4.78 is 0. The first-order valence-corrected chi connectivity index (χ1v) is 11.0. The number of carbonyl (C=O) groups is 2. The molecule has 1 aliphatic rings. The van der Waals surface area contributed by atoms with Gasteiger partial charge in [-0.05, 0) is 66.8 Å². The number of aromatic amines is 1. The fraction of sp³-hybridized carbons (Fsp3) is 0.261. The van der Waals surface area contributed by atoms with Gasteiger partial charge in [-0.15, -0.1) is 0 Å². The van der Waals surface area contributed by atoms with Crippen LogP contribution >= 0.6 is 23.8 Å². The Balaban J connectivity index is 1.46. The highest BCUT2D eigenvalue weighted by molar-refractivity contribution is 7.80. The summed E-state index contributed by atoms with van der Waals surface area (Å²) in [6, 6.07) is 14.6. The van der Waals surface area contributed by atoms with Gasteiger partial charge in [-0.25, -0.2) is 0 Å². The number of nitrogens with zero attached hydrogens (tertiary/aromatic N) is 2. The van der Waals surface area contributed by atoms with Gasteiger partial charge in [0, 0.05) is 35.5 Å². The van der Waals surface area contributed by atoms with Gasteiger partial charge >= 0.3 is 0 Å².